The fourth-order valence-electron chi connectivity index (χ4n) is 3.32. The highest BCUT2D eigenvalue weighted by atomic mass is 16.3. The molecule has 0 fully saturated rings. The number of fused-ring (bicyclic) bond motifs is 1. The Hall–Kier alpha value is -3.47. The van der Waals surface area contributed by atoms with Crippen LogP contribution in [-0.2, 0) is 0 Å². The lowest BCUT2D eigenvalue weighted by Crippen LogP contribution is -2.06. The maximum Gasteiger partial charge on any atom is 0.158 e. The SMILES string of the molecule is Cc1cc(-c2cn(N)c3ncc(-c4cccc(O)c4)cc23)cc(C)c1O. The molecule has 0 aliphatic carbocycles. The summed E-state index contributed by atoms with van der Waals surface area (Å²) in [6, 6.07) is 13.0. The number of phenols is 2. The quantitative estimate of drug-likeness (QED) is 0.477. The van der Waals surface area contributed by atoms with E-state index in [0.29, 0.717) is 11.4 Å². The number of aromatic nitrogens is 2. The molecule has 2 aromatic carbocycles. The molecule has 0 saturated heterocycles. The summed E-state index contributed by atoms with van der Waals surface area (Å²) in [6.45, 7) is 3.76. The highest BCUT2D eigenvalue weighted by Gasteiger charge is 2.14. The molecule has 0 unspecified atom stereocenters. The van der Waals surface area contributed by atoms with Crippen molar-refractivity contribution in [1.29, 1.82) is 0 Å². The van der Waals surface area contributed by atoms with Crippen LogP contribution in [0.5, 0.6) is 11.5 Å². The van der Waals surface area contributed by atoms with Crippen molar-refractivity contribution in [2.75, 3.05) is 5.84 Å². The zero-order valence-electron chi connectivity index (χ0n) is 14.6. The first kappa shape index (κ1) is 16.0. The third-order valence-corrected chi connectivity index (χ3v) is 4.65. The van der Waals surface area contributed by atoms with Gasteiger partial charge in [0.1, 0.15) is 11.5 Å². The molecule has 4 rings (SSSR count). The Morgan fingerprint density at radius 3 is 2.35 bits per heavy atom. The number of hydrogen-bond donors (Lipinski definition) is 3. The molecule has 0 spiro atoms. The minimum Gasteiger partial charge on any atom is -0.508 e. The molecule has 0 bridgehead atoms. The smallest absolute Gasteiger partial charge is 0.158 e. The number of aryl methyl sites for hydroxylation is 2. The zero-order valence-corrected chi connectivity index (χ0v) is 14.6. The van der Waals surface area contributed by atoms with E-state index in [-0.39, 0.29) is 5.75 Å². The summed E-state index contributed by atoms with van der Waals surface area (Å²) in [7, 11) is 0. The number of nitrogens with two attached hydrogens (primary N) is 1. The molecule has 5 heteroatoms. The Labute approximate surface area is 150 Å². The predicted octanol–water partition coefficient (Wildman–Crippen LogP) is 4.11. The van der Waals surface area contributed by atoms with Crippen molar-refractivity contribution in [3.8, 4) is 33.8 Å². The van der Waals surface area contributed by atoms with Gasteiger partial charge in [0.05, 0.1) is 0 Å². The lowest BCUT2D eigenvalue weighted by molar-refractivity contribution is 0.467. The monoisotopic (exact) mass is 345 g/mol. The molecule has 26 heavy (non-hydrogen) atoms. The maximum atomic E-state index is 10.0. The average molecular weight is 345 g/mol. The molecule has 2 heterocycles. The fraction of sp³-hybridized carbons (Fsp3) is 0.0952. The van der Waals surface area contributed by atoms with E-state index in [2.05, 4.69) is 4.98 Å². The van der Waals surface area contributed by atoms with Crippen molar-refractivity contribution >= 4 is 11.0 Å². The molecule has 0 aliphatic rings. The molecular formula is C21H19N3O2. The van der Waals surface area contributed by atoms with E-state index in [0.717, 1.165) is 38.8 Å². The number of pyridine rings is 1. The van der Waals surface area contributed by atoms with Crippen LogP contribution >= 0.6 is 0 Å². The van der Waals surface area contributed by atoms with E-state index in [9.17, 15) is 10.2 Å². The van der Waals surface area contributed by atoms with E-state index in [1.165, 1.54) is 4.68 Å². The van der Waals surface area contributed by atoms with Gasteiger partial charge in [-0.2, -0.15) is 0 Å². The van der Waals surface area contributed by atoms with Gasteiger partial charge in [-0.3, -0.25) is 4.68 Å². The minimum atomic E-state index is 0.212. The zero-order chi connectivity index (χ0) is 18.4. The molecule has 0 aliphatic heterocycles. The van der Waals surface area contributed by atoms with Crippen LogP contribution in [0.1, 0.15) is 11.1 Å². The summed E-state index contributed by atoms with van der Waals surface area (Å²) in [5, 5.41) is 20.7. The van der Waals surface area contributed by atoms with Gasteiger partial charge < -0.3 is 16.1 Å². The van der Waals surface area contributed by atoms with Gasteiger partial charge in [0.15, 0.2) is 5.65 Å². The Bertz CT molecular complexity index is 1120. The second-order valence-corrected chi connectivity index (χ2v) is 6.55. The molecule has 130 valence electrons. The van der Waals surface area contributed by atoms with Crippen molar-refractivity contribution in [3.05, 3.63) is 66.0 Å². The molecule has 5 nitrogen and oxygen atoms in total. The number of phenolic OH excluding ortho intramolecular Hbond substituents is 2. The third-order valence-electron chi connectivity index (χ3n) is 4.65. The van der Waals surface area contributed by atoms with Crippen LogP contribution in [0.3, 0.4) is 0 Å². The number of nitrogens with zero attached hydrogens (tertiary/aromatic N) is 2. The molecule has 4 N–H and O–H groups in total. The Kier molecular flexibility index (Phi) is 3.58. The highest BCUT2D eigenvalue weighted by molar-refractivity contribution is 5.96. The highest BCUT2D eigenvalue weighted by Crippen LogP contribution is 2.35. The summed E-state index contributed by atoms with van der Waals surface area (Å²) in [5.74, 6) is 6.62. The first-order valence-electron chi connectivity index (χ1n) is 8.30. The molecule has 2 aromatic heterocycles. The molecular weight excluding hydrogens is 326 g/mol. The Balaban J connectivity index is 1.95. The topological polar surface area (TPSA) is 84.3 Å². The van der Waals surface area contributed by atoms with E-state index >= 15 is 0 Å². The van der Waals surface area contributed by atoms with Crippen LogP contribution in [-0.4, -0.2) is 19.9 Å². The summed E-state index contributed by atoms with van der Waals surface area (Å²) in [4.78, 5) is 4.50. The Morgan fingerprint density at radius 1 is 0.923 bits per heavy atom. The molecule has 0 amide bonds. The van der Waals surface area contributed by atoms with Gasteiger partial charge in [-0.15, -0.1) is 0 Å². The summed E-state index contributed by atoms with van der Waals surface area (Å²) < 4.78 is 1.51. The van der Waals surface area contributed by atoms with Crippen LogP contribution in [0, 0.1) is 13.8 Å². The van der Waals surface area contributed by atoms with Crippen LogP contribution in [0.15, 0.2) is 54.9 Å². The average Bonchev–Trinajstić information content (AvgIpc) is 2.95. The summed E-state index contributed by atoms with van der Waals surface area (Å²) in [5.41, 5.74) is 6.00. The second-order valence-electron chi connectivity index (χ2n) is 6.55. The first-order valence-corrected chi connectivity index (χ1v) is 8.30. The van der Waals surface area contributed by atoms with Gasteiger partial charge in [-0.05, 0) is 66.4 Å². The van der Waals surface area contributed by atoms with E-state index < -0.39 is 0 Å². The standard InChI is InChI=1S/C21H19N3O2/c1-12-6-15(7-13(2)20(12)26)19-11-24(22)21-18(19)9-16(10-23-21)14-4-3-5-17(25)8-14/h3-11,25-26H,22H2,1-2H3. The van der Waals surface area contributed by atoms with Crippen molar-refractivity contribution in [2.24, 2.45) is 0 Å². The van der Waals surface area contributed by atoms with Crippen molar-refractivity contribution in [1.82, 2.24) is 9.66 Å². The van der Waals surface area contributed by atoms with Crippen molar-refractivity contribution < 1.29 is 10.2 Å². The van der Waals surface area contributed by atoms with E-state index in [1.807, 2.05) is 44.3 Å². The molecule has 0 atom stereocenters. The predicted molar refractivity (Wildman–Crippen MR) is 104 cm³/mol. The second kappa shape index (κ2) is 5.81. The van der Waals surface area contributed by atoms with Crippen LogP contribution in [0.2, 0.25) is 0 Å². The first-order chi connectivity index (χ1) is 12.4. The van der Waals surface area contributed by atoms with Crippen molar-refractivity contribution in [2.45, 2.75) is 13.8 Å². The van der Waals surface area contributed by atoms with Gasteiger partial charge in [0.25, 0.3) is 0 Å². The van der Waals surface area contributed by atoms with E-state index in [4.69, 9.17) is 5.84 Å². The summed E-state index contributed by atoms with van der Waals surface area (Å²) in [6.07, 6.45) is 3.59. The van der Waals surface area contributed by atoms with Crippen LogP contribution in [0.4, 0.5) is 0 Å². The number of aromatic hydroxyl groups is 2. The van der Waals surface area contributed by atoms with Gasteiger partial charge in [0.2, 0.25) is 0 Å². The maximum absolute atomic E-state index is 10.0. The number of benzene rings is 2. The van der Waals surface area contributed by atoms with Gasteiger partial charge >= 0.3 is 0 Å². The molecule has 0 radical (unpaired) electrons. The number of hydrogen-bond acceptors (Lipinski definition) is 4. The lowest BCUT2D eigenvalue weighted by atomic mass is 9.98. The normalized spacial score (nSPS) is 11.2. The van der Waals surface area contributed by atoms with Gasteiger partial charge in [-0.25, -0.2) is 4.98 Å². The van der Waals surface area contributed by atoms with Crippen molar-refractivity contribution in [3.63, 3.8) is 0 Å². The molecule has 0 saturated carbocycles. The van der Waals surface area contributed by atoms with Crippen LogP contribution in [0.25, 0.3) is 33.3 Å². The summed E-state index contributed by atoms with van der Waals surface area (Å²) >= 11 is 0. The van der Waals surface area contributed by atoms with E-state index in [1.54, 1.807) is 24.4 Å². The third kappa shape index (κ3) is 2.54. The number of nitrogen functional groups attached to an aromatic ring is 1. The molecule has 4 aromatic rings. The van der Waals surface area contributed by atoms with Crippen LogP contribution < -0.4 is 5.84 Å². The Morgan fingerprint density at radius 2 is 1.65 bits per heavy atom. The fourth-order valence-corrected chi connectivity index (χ4v) is 3.32. The van der Waals surface area contributed by atoms with Gasteiger partial charge in [-0.1, -0.05) is 12.1 Å². The van der Waals surface area contributed by atoms with Gasteiger partial charge in [0, 0.05) is 28.9 Å². The number of rotatable bonds is 2. The minimum absolute atomic E-state index is 0.212. The largest absolute Gasteiger partial charge is 0.508 e. The lowest BCUT2D eigenvalue weighted by Gasteiger charge is -2.08.